The third-order valence-electron chi connectivity index (χ3n) is 9.42. The number of esters is 2. The summed E-state index contributed by atoms with van der Waals surface area (Å²) in [4.78, 5) is 25.0. The highest BCUT2D eigenvalue weighted by molar-refractivity contribution is 7.87. The van der Waals surface area contributed by atoms with Gasteiger partial charge in [-0.15, -0.1) is 0 Å². The maximum atomic E-state index is 15.5. The van der Waals surface area contributed by atoms with Crippen LogP contribution in [0, 0.1) is 35.0 Å². The maximum Gasteiger partial charge on any atom is 0.465 e. The van der Waals surface area contributed by atoms with Crippen molar-refractivity contribution in [1.29, 1.82) is 0 Å². The third-order valence-corrected chi connectivity index (χ3v) is 11.2. The number of halogens is 6. The van der Waals surface area contributed by atoms with E-state index in [4.69, 9.17) is 18.6 Å². The molecule has 0 spiro atoms. The zero-order valence-corrected chi connectivity index (χ0v) is 21.5. The van der Waals surface area contributed by atoms with E-state index in [1.807, 2.05) is 0 Å². The molecule has 0 aromatic heterocycles. The lowest BCUT2D eigenvalue weighted by Gasteiger charge is -2.58. The highest BCUT2D eigenvalue weighted by Crippen LogP contribution is 2.71. The fourth-order valence-electron chi connectivity index (χ4n) is 8.49. The van der Waals surface area contributed by atoms with Gasteiger partial charge in [-0.25, -0.2) is 4.79 Å². The Balaban J connectivity index is 1.59. The number of carbonyl (C=O) groups is 2. The Morgan fingerprint density at radius 2 is 1.54 bits per heavy atom. The van der Waals surface area contributed by atoms with E-state index < -0.39 is 115 Å². The van der Waals surface area contributed by atoms with Crippen molar-refractivity contribution in [3.8, 4) is 0 Å². The first kappa shape index (κ1) is 28.9. The summed E-state index contributed by atoms with van der Waals surface area (Å²) >= 11 is 0. The van der Waals surface area contributed by atoms with Crippen LogP contribution in [-0.4, -0.2) is 66.0 Å². The molecule has 4 aliphatic carbocycles. The van der Waals surface area contributed by atoms with Crippen molar-refractivity contribution in [3.05, 3.63) is 0 Å². The van der Waals surface area contributed by atoms with Crippen LogP contribution in [0.5, 0.6) is 0 Å². The van der Waals surface area contributed by atoms with Gasteiger partial charge in [0.2, 0.25) is 0 Å². The van der Waals surface area contributed by atoms with E-state index in [-0.39, 0.29) is 25.7 Å². The quantitative estimate of drug-likeness (QED) is 0.248. The van der Waals surface area contributed by atoms with E-state index in [1.54, 1.807) is 0 Å². The lowest BCUT2D eigenvalue weighted by Crippen LogP contribution is -2.62. The molecule has 2 N–H and O–H groups in total. The zero-order chi connectivity index (χ0) is 29.2. The van der Waals surface area contributed by atoms with E-state index in [1.165, 1.54) is 0 Å². The largest absolute Gasteiger partial charge is 0.465 e. The number of rotatable bonds is 7. The van der Waals surface area contributed by atoms with Gasteiger partial charge in [0.05, 0.1) is 5.92 Å². The van der Waals surface area contributed by atoms with E-state index in [9.17, 15) is 44.0 Å². The SMILES string of the molecule is O=C1OC2CC3(OC(=O)C(F)(F)S(=O)(=O)O)CC1CC(C1C4CCC(C4)C1C(F)(F)C(F)(F)S(=O)(=O)O)(C2)C3. The lowest BCUT2D eigenvalue weighted by atomic mass is 9.48. The van der Waals surface area contributed by atoms with E-state index >= 15 is 8.78 Å². The summed E-state index contributed by atoms with van der Waals surface area (Å²) in [6.45, 7) is 0. The van der Waals surface area contributed by atoms with E-state index in [0.717, 1.165) is 0 Å². The molecule has 0 amide bonds. The molecule has 222 valence electrons. The van der Waals surface area contributed by atoms with Gasteiger partial charge < -0.3 is 9.47 Å². The molecule has 0 radical (unpaired) electrons. The van der Waals surface area contributed by atoms with Crippen LogP contribution in [-0.2, 0) is 39.3 Å². The molecule has 0 aromatic carbocycles. The predicted molar refractivity (Wildman–Crippen MR) is 113 cm³/mol. The van der Waals surface area contributed by atoms with Crippen LogP contribution in [0.15, 0.2) is 0 Å². The fourth-order valence-corrected chi connectivity index (χ4v) is 9.22. The number of fused-ring (bicyclic) bond motifs is 3. The summed E-state index contributed by atoms with van der Waals surface area (Å²) in [5.74, 6) is -15.5. The Morgan fingerprint density at radius 3 is 2.13 bits per heavy atom. The first-order valence-electron chi connectivity index (χ1n) is 12.1. The molecule has 6 rings (SSSR count). The smallest absolute Gasteiger partial charge is 0.462 e. The van der Waals surface area contributed by atoms with Crippen molar-refractivity contribution in [2.75, 3.05) is 0 Å². The molecule has 2 saturated heterocycles. The summed E-state index contributed by atoms with van der Waals surface area (Å²) in [6, 6.07) is 0. The molecule has 4 saturated carbocycles. The first-order chi connectivity index (χ1) is 17.6. The average Bonchev–Trinajstić information content (AvgIpc) is 3.34. The second-order valence-corrected chi connectivity index (χ2v) is 14.6. The van der Waals surface area contributed by atoms with Crippen molar-refractivity contribution in [2.24, 2.45) is 35.0 Å². The van der Waals surface area contributed by atoms with Crippen LogP contribution >= 0.6 is 0 Å². The standard InChI is InChI=1S/C21H24F6O10S2/c22-19(23,21(26,27)39(33,34)35)14-10-2-1-9(3-10)13(14)17-4-11-5-18(8-17,7-12(6-17)36-15(11)28)37-16(29)20(24,25)38(30,31)32/h9-14H,1-8H2,(H,30,31,32)(H,33,34,35). The minimum absolute atomic E-state index is 0.00593. The second kappa shape index (κ2) is 8.21. The second-order valence-electron chi connectivity index (χ2n) is 11.7. The monoisotopic (exact) mass is 614 g/mol. The summed E-state index contributed by atoms with van der Waals surface area (Å²) in [5, 5.41) is -11.3. The molecule has 6 aliphatic rings. The Hall–Kier alpha value is -1.66. The number of hydrogen-bond donors (Lipinski definition) is 2. The molecule has 10 nitrogen and oxygen atoms in total. The summed E-state index contributed by atoms with van der Waals surface area (Å²) < 4.78 is 161. The van der Waals surface area contributed by atoms with Gasteiger partial charge in [0, 0.05) is 18.8 Å². The van der Waals surface area contributed by atoms with Crippen molar-refractivity contribution in [1.82, 2.24) is 0 Å². The summed E-state index contributed by atoms with van der Waals surface area (Å²) in [6.07, 6.45) is -2.60. The number of ether oxygens (including phenoxy) is 2. The number of hydrogen-bond acceptors (Lipinski definition) is 8. The first-order valence-corrected chi connectivity index (χ1v) is 15.0. The predicted octanol–water partition coefficient (Wildman–Crippen LogP) is 3.03. The van der Waals surface area contributed by atoms with Crippen LogP contribution in [0.2, 0.25) is 0 Å². The molecule has 0 aromatic rings. The van der Waals surface area contributed by atoms with Gasteiger partial charge in [0.15, 0.2) is 0 Å². The Morgan fingerprint density at radius 1 is 0.923 bits per heavy atom. The van der Waals surface area contributed by atoms with Gasteiger partial charge in [-0.2, -0.15) is 43.2 Å². The topological polar surface area (TPSA) is 161 Å². The minimum Gasteiger partial charge on any atom is -0.462 e. The molecule has 39 heavy (non-hydrogen) atoms. The van der Waals surface area contributed by atoms with Gasteiger partial charge in [0.1, 0.15) is 11.7 Å². The van der Waals surface area contributed by atoms with Gasteiger partial charge in [-0.05, 0) is 61.7 Å². The van der Waals surface area contributed by atoms with E-state index in [2.05, 4.69) is 0 Å². The fraction of sp³-hybridized carbons (Fsp3) is 0.905. The Bertz CT molecular complexity index is 1320. The highest BCUT2D eigenvalue weighted by atomic mass is 32.2. The van der Waals surface area contributed by atoms with Gasteiger partial charge in [-0.1, -0.05) is 0 Å². The van der Waals surface area contributed by atoms with Crippen molar-refractivity contribution in [2.45, 2.75) is 79.5 Å². The molecular weight excluding hydrogens is 590 g/mol. The molecule has 8 unspecified atom stereocenters. The average molecular weight is 615 g/mol. The lowest BCUT2D eigenvalue weighted by molar-refractivity contribution is -0.241. The van der Waals surface area contributed by atoms with Gasteiger partial charge in [-0.3, -0.25) is 13.9 Å². The zero-order valence-electron chi connectivity index (χ0n) is 19.9. The molecule has 2 aliphatic heterocycles. The number of carbonyl (C=O) groups excluding carboxylic acids is 2. The molecule has 18 heteroatoms. The van der Waals surface area contributed by atoms with Crippen LogP contribution < -0.4 is 0 Å². The summed E-state index contributed by atoms with van der Waals surface area (Å²) in [7, 11) is -12.8. The molecular formula is C21H24F6O10S2. The van der Waals surface area contributed by atoms with Crippen molar-refractivity contribution < 1.29 is 71.3 Å². The maximum absolute atomic E-state index is 15.5. The van der Waals surface area contributed by atoms with E-state index in [0.29, 0.717) is 6.42 Å². The van der Waals surface area contributed by atoms with Crippen LogP contribution in [0.4, 0.5) is 26.3 Å². The minimum atomic E-state index is -6.56. The van der Waals surface area contributed by atoms with Gasteiger partial charge in [0.25, 0.3) is 0 Å². The van der Waals surface area contributed by atoms with Gasteiger partial charge >= 0.3 is 48.6 Å². The Kier molecular flexibility index (Phi) is 6.08. The third kappa shape index (κ3) is 4.01. The summed E-state index contributed by atoms with van der Waals surface area (Å²) in [5.41, 5.74) is -3.59. The molecule has 8 atom stereocenters. The Labute approximate surface area is 218 Å². The molecule has 2 heterocycles. The van der Waals surface area contributed by atoms with Crippen molar-refractivity contribution >= 4 is 32.2 Å². The molecule has 6 fully saturated rings. The highest BCUT2D eigenvalue weighted by Gasteiger charge is 2.77. The normalized spacial score (nSPS) is 40.5. The van der Waals surface area contributed by atoms with Crippen LogP contribution in [0.3, 0.4) is 0 Å². The number of alkyl halides is 6. The van der Waals surface area contributed by atoms with Crippen LogP contribution in [0.1, 0.15) is 51.4 Å². The van der Waals surface area contributed by atoms with Crippen molar-refractivity contribution in [3.63, 3.8) is 0 Å². The molecule has 6 bridgehead atoms. The van der Waals surface area contributed by atoms with Crippen LogP contribution in [0.25, 0.3) is 0 Å².